The lowest BCUT2D eigenvalue weighted by molar-refractivity contribution is -0.127. The largest absolute Gasteiger partial charge is 0.481 e. The van der Waals surface area contributed by atoms with Gasteiger partial charge in [0.1, 0.15) is 5.75 Å². The summed E-state index contributed by atoms with van der Waals surface area (Å²) < 4.78 is 5.86. The van der Waals surface area contributed by atoms with Crippen molar-refractivity contribution >= 4 is 17.7 Å². The third-order valence-electron chi connectivity index (χ3n) is 4.94. The molecule has 0 saturated carbocycles. The van der Waals surface area contributed by atoms with E-state index >= 15 is 0 Å². The topological polar surface area (TPSA) is 38.3 Å². The molecule has 1 aliphatic carbocycles. The zero-order valence-corrected chi connectivity index (χ0v) is 17.1. The van der Waals surface area contributed by atoms with Gasteiger partial charge in [0.15, 0.2) is 6.10 Å². The van der Waals surface area contributed by atoms with E-state index in [9.17, 15) is 4.79 Å². The Hall–Kier alpha value is -1.94. The second-order valence-corrected chi connectivity index (χ2v) is 8.33. The summed E-state index contributed by atoms with van der Waals surface area (Å²) in [7, 11) is 0. The lowest BCUT2D eigenvalue weighted by Crippen LogP contribution is -2.37. The van der Waals surface area contributed by atoms with Gasteiger partial charge < -0.3 is 10.1 Å². The van der Waals surface area contributed by atoms with Gasteiger partial charge in [-0.05, 0) is 68.4 Å². The van der Waals surface area contributed by atoms with Crippen molar-refractivity contribution in [2.75, 3.05) is 12.3 Å². The molecule has 0 fully saturated rings. The van der Waals surface area contributed by atoms with E-state index in [-0.39, 0.29) is 5.91 Å². The Bertz CT molecular complexity index is 757. The average Bonchev–Trinajstić information content (AvgIpc) is 2.69. The van der Waals surface area contributed by atoms with Crippen molar-refractivity contribution in [2.24, 2.45) is 0 Å². The van der Waals surface area contributed by atoms with Crippen LogP contribution in [0.25, 0.3) is 0 Å². The van der Waals surface area contributed by atoms with Crippen LogP contribution in [-0.4, -0.2) is 24.3 Å². The molecule has 1 amide bonds. The molecule has 0 bridgehead atoms. The number of carbonyl (C=O) groups is 1. The number of rotatable bonds is 8. The van der Waals surface area contributed by atoms with Crippen LogP contribution in [0.1, 0.15) is 42.0 Å². The molecule has 0 saturated heterocycles. The van der Waals surface area contributed by atoms with Gasteiger partial charge >= 0.3 is 0 Å². The molecule has 2 aromatic rings. The lowest BCUT2D eigenvalue weighted by atomic mass is 9.92. The summed E-state index contributed by atoms with van der Waals surface area (Å²) in [6.45, 7) is 4.57. The van der Waals surface area contributed by atoms with E-state index in [0.29, 0.717) is 6.54 Å². The van der Waals surface area contributed by atoms with Gasteiger partial charge in [0, 0.05) is 18.1 Å². The highest BCUT2D eigenvalue weighted by Crippen LogP contribution is 2.25. The van der Waals surface area contributed by atoms with Gasteiger partial charge in [-0.1, -0.05) is 35.9 Å². The maximum atomic E-state index is 12.3. The molecule has 0 heterocycles. The fourth-order valence-electron chi connectivity index (χ4n) is 3.31. The smallest absolute Gasteiger partial charge is 0.260 e. The first-order valence-electron chi connectivity index (χ1n) is 9.81. The minimum Gasteiger partial charge on any atom is -0.481 e. The SMILES string of the molecule is Cc1ccc(CSCCNC(=O)C(C)Oc2ccc3c(c2)CCCC3)cc1. The van der Waals surface area contributed by atoms with E-state index in [0.717, 1.165) is 30.1 Å². The Balaban J connectivity index is 1.37. The van der Waals surface area contributed by atoms with Crippen molar-refractivity contribution in [3.8, 4) is 5.75 Å². The third kappa shape index (κ3) is 6.03. The van der Waals surface area contributed by atoms with Crippen molar-refractivity contribution < 1.29 is 9.53 Å². The Morgan fingerprint density at radius 1 is 1.11 bits per heavy atom. The molecule has 1 unspecified atom stereocenters. The molecule has 2 aromatic carbocycles. The van der Waals surface area contributed by atoms with Crippen LogP contribution in [-0.2, 0) is 23.4 Å². The number of hydrogen-bond donors (Lipinski definition) is 1. The highest BCUT2D eigenvalue weighted by Gasteiger charge is 2.16. The van der Waals surface area contributed by atoms with Crippen molar-refractivity contribution in [1.82, 2.24) is 5.32 Å². The van der Waals surface area contributed by atoms with Crippen LogP contribution in [0.2, 0.25) is 0 Å². The van der Waals surface area contributed by atoms with E-state index in [1.165, 1.54) is 35.1 Å². The predicted octanol–water partition coefficient (Wildman–Crippen LogP) is 4.69. The van der Waals surface area contributed by atoms with Crippen molar-refractivity contribution in [3.05, 3.63) is 64.7 Å². The summed E-state index contributed by atoms with van der Waals surface area (Å²) >= 11 is 1.83. The van der Waals surface area contributed by atoms with Crippen molar-refractivity contribution in [3.63, 3.8) is 0 Å². The van der Waals surface area contributed by atoms with Crippen molar-refractivity contribution in [2.45, 2.75) is 51.4 Å². The van der Waals surface area contributed by atoms with Crippen LogP contribution in [0.5, 0.6) is 5.75 Å². The number of fused-ring (bicyclic) bond motifs is 1. The summed E-state index contributed by atoms with van der Waals surface area (Å²) in [6, 6.07) is 14.8. The number of aryl methyl sites for hydroxylation is 3. The van der Waals surface area contributed by atoms with Gasteiger partial charge in [0.25, 0.3) is 5.91 Å². The molecule has 27 heavy (non-hydrogen) atoms. The van der Waals surface area contributed by atoms with Crippen LogP contribution in [0, 0.1) is 6.92 Å². The van der Waals surface area contributed by atoms with E-state index in [4.69, 9.17) is 4.74 Å². The fourth-order valence-corrected chi connectivity index (χ4v) is 4.12. The van der Waals surface area contributed by atoms with Gasteiger partial charge in [-0.25, -0.2) is 0 Å². The Morgan fingerprint density at radius 3 is 2.63 bits per heavy atom. The molecule has 4 heteroatoms. The molecule has 0 aromatic heterocycles. The molecular formula is C23H29NO2S. The zero-order chi connectivity index (χ0) is 19.1. The van der Waals surface area contributed by atoms with Gasteiger partial charge in [0.05, 0.1) is 0 Å². The van der Waals surface area contributed by atoms with Gasteiger partial charge in [-0.2, -0.15) is 11.8 Å². The quantitative estimate of drug-likeness (QED) is 0.672. The standard InChI is InChI=1S/C23H29NO2S/c1-17-7-9-19(10-8-17)16-27-14-13-24-23(25)18(2)26-22-12-11-20-5-3-4-6-21(20)15-22/h7-12,15,18H,3-6,13-14,16H2,1-2H3,(H,24,25). The number of benzene rings is 2. The zero-order valence-electron chi connectivity index (χ0n) is 16.3. The molecule has 1 N–H and O–H groups in total. The van der Waals surface area contributed by atoms with Crippen LogP contribution in [0.3, 0.4) is 0 Å². The maximum Gasteiger partial charge on any atom is 0.260 e. The molecule has 0 aliphatic heterocycles. The first kappa shape index (κ1) is 19.8. The molecule has 0 spiro atoms. The second-order valence-electron chi connectivity index (χ2n) is 7.23. The van der Waals surface area contributed by atoms with Crippen LogP contribution in [0.15, 0.2) is 42.5 Å². The van der Waals surface area contributed by atoms with Crippen LogP contribution < -0.4 is 10.1 Å². The monoisotopic (exact) mass is 383 g/mol. The minimum atomic E-state index is -0.478. The number of hydrogen-bond acceptors (Lipinski definition) is 3. The van der Waals surface area contributed by atoms with Crippen LogP contribution >= 0.6 is 11.8 Å². The number of ether oxygens (including phenoxy) is 1. The highest BCUT2D eigenvalue weighted by molar-refractivity contribution is 7.98. The summed E-state index contributed by atoms with van der Waals surface area (Å²) in [5, 5.41) is 2.98. The highest BCUT2D eigenvalue weighted by atomic mass is 32.2. The van der Waals surface area contributed by atoms with Gasteiger partial charge in [0.2, 0.25) is 0 Å². The second kappa shape index (κ2) is 9.84. The number of amides is 1. The van der Waals surface area contributed by atoms with E-state index < -0.39 is 6.10 Å². The molecular weight excluding hydrogens is 354 g/mol. The third-order valence-corrected chi connectivity index (χ3v) is 5.97. The fraction of sp³-hybridized carbons (Fsp3) is 0.435. The van der Waals surface area contributed by atoms with Gasteiger partial charge in [-0.3, -0.25) is 4.79 Å². The number of thioether (sulfide) groups is 1. The Morgan fingerprint density at radius 2 is 1.85 bits per heavy atom. The molecule has 0 radical (unpaired) electrons. The molecule has 1 aliphatic rings. The Kier molecular flexibility index (Phi) is 7.22. The first-order valence-corrected chi connectivity index (χ1v) is 11.0. The summed E-state index contributed by atoms with van der Waals surface area (Å²) in [5.41, 5.74) is 5.40. The molecule has 144 valence electrons. The molecule has 3 rings (SSSR count). The van der Waals surface area contributed by atoms with Crippen LogP contribution in [0.4, 0.5) is 0 Å². The summed E-state index contributed by atoms with van der Waals surface area (Å²) in [4.78, 5) is 12.3. The average molecular weight is 384 g/mol. The molecule has 1 atom stereocenters. The maximum absolute atomic E-state index is 12.3. The van der Waals surface area contributed by atoms with Crippen molar-refractivity contribution in [1.29, 1.82) is 0 Å². The minimum absolute atomic E-state index is 0.0522. The van der Waals surface area contributed by atoms with Gasteiger partial charge in [-0.15, -0.1) is 0 Å². The summed E-state index contributed by atoms with van der Waals surface area (Å²) in [6.07, 6.45) is 4.31. The first-order chi connectivity index (χ1) is 13.1. The van der Waals surface area contributed by atoms with E-state index in [1.807, 2.05) is 24.8 Å². The summed E-state index contributed by atoms with van der Waals surface area (Å²) in [5.74, 6) is 2.61. The lowest BCUT2D eigenvalue weighted by Gasteiger charge is -2.19. The predicted molar refractivity (Wildman–Crippen MR) is 114 cm³/mol. The normalized spacial score (nSPS) is 14.3. The molecule has 3 nitrogen and oxygen atoms in total. The number of nitrogens with one attached hydrogen (secondary N) is 1. The van der Waals surface area contributed by atoms with E-state index in [2.05, 4.69) is 48.6 Å². The Labute approximate surface area is 166 Å². The van der Waals surface area contributed by atoms with E-state index in [1.54, 1.807) is 0 Å². The number of carbonyl (C=O) groups excluding carboxylic acids is 1.